The average Bonchev–Trinajstić information content (AvgIpc) is 2.52. The van der Waals surface area contributed by atoms with E-state index >= 15 is 0 Å². The molecule has 1 unspecified atom stereocenters. The number of hydrogen-bond donors (Lipinski definition) is 1. The summed E-state index contributed by atoms with van der Waals surface area (Å²) in [4.78, 5) is 4.07. The van der Waals surface area contributed by atoms with Gasteiger partial charge in [0.25, 0.3) is 0 Å². The van der Waals surface area contributed by atoms with E-state index in [-0.39, 0.29) is 6.04 Å². The number of rotatable bonds is 6. The van der Waals surface area contributed by atoms with Gasteiger partial charge in [-0.05, 0) is 13.3 Å². The fourth-order valence-corrected chi connectivity index (χ4v) is 1.28. The minimum absolute atomic E-state index is 0.241. The first-order chi connectivity index (χ1) is 6.76. The molecule has 1 heterocycles. The molecule has 1 rings (SSSR count). The van der Waals surface area contributed by atoms with Crippen LogP contribution in [0.25, 0.3) is 0 Å². The standard InChI is InChI=1S/C9H17N3O2/c1-4-5-8(6-13-3)11-9-10-7(2)12-14-9/h8H,4-6H2,1-3H3,(H,10,11,12). The third-order valence-electron chi connectivity index (χ3n) is 1.86. The van der Waals surface area contributed by atoms with Crippen LogP contribution in [0.1, 0.15) is 25.6 Å². The second-order valence-corrected chi connectivity index (χ2v) is 3.23. The van der Waals surface area contributed by atoms with E-state index in [9.17, 15) is 0 Å². The van der Waals surface area contributed by atoms with Crippen LogP contribution in [0.5, 0.6) is 0 Å². The zero-order valence-electron chi connectivity index (χ0n) is 8.91. The first-order valence-electron chi connectivity index (χ1n) is 4.82. The topological polar surface area (TPSA) is 60.2 Å². The Morgan fingerprint density at radius 1 is 1.57 bits per heavy atom. The SMILES string of the molecule is CCCC(COC)Nc1nc(C)no1. The molecule has 0 spiro atoms. The Kier molecular flexibility index (Phi) is 4.39. The maximum atomic E-state index is 5.08. The van der Waals surface area contributed by atoms with Crippen LogP contribution in [0.4, 0.5) is 6.01 Å². The van der Waals surface area contributed by atoms with Crippen LogP contribution in [0, 0.1) is 6.92 Å². The lowest BCUT2D eigenvalue weighted by Gasteiger charge is -2.14. The molecule has 5 heteroatoms. The second kappa shape index (κ2) is 5.59. The van der Waals surface area contributed by atoms with Crippen LogP contribution < -0.4 is 5.32 Å². The maximum Gasteiger partial charge on any atom is 0.321 e. The zero-order chi connectivity index (χ0) is 10.4. The maximum absolute atomic E-state index is 5.08. The van der Waals surface area contributed by atoms with Crippen LogP contribution in [0.15, 0.2) is 4.52 Å². The first kappa shape index (κ1) is 11.0. The Labute approximate surface area is 83.8 Å². The lowest BCUT2D eigenvalue weighted by Crippen LogP contribution is -2.24. The summed E-state index contributed by atoms with van der Waals surface area (Å²) in [5.41, 5.74) is 0. The fraction of sp³-hybridized carbons (Fsp3) is 0.778. The van der Waals surface area contributed by atoms with E-state index in [1.54, 1.807) is 14.0 Å². The van der Waals surface area contributed by atoms with E-state index in [2.05, 4.69) is 22.4 Å². The van der Waals surface area contributed by atoms with Gasteiger partial charge >= 0.3 is 6.01 Å². The Hall–Kier alpha value is -1.10. The molecule has 1 N–H and O–H groups in total. The number of aryl methyl sites for hydroxylation is 1. The average molecular weight is 199 g/mol. The monoisotopic (exact) mass is 199 g/mol. The molecule has 0 radical (unpaired) electrons. The number of ether oxygens (including phenoxy) is 1. The minimum Gasteiger partial charge on any atom is -0.383 e. The van der Waals surface area contributed by atoms with Gasteiger partial charge in [0.1, 0.15) is 0 Å². The molecule has 0 aliphatic carbocycles. The van der Waals surface area contributed by atoms with Crippen LogP contribution in [0.3, 0.4) is 0 Å². The summed E-state index contributed by atoms with van der Waals surface area (Å²) in [6.45, 7) is 4.57. The van der Waals surface area contributed by atoms with E-state index in [1.165, 1.54) is 0 Å². The van der Waals surface area contributed by atoms with Crippen molar-refractivity contribution in [3.8, 4) is 0 Å². The van der Waals surface area contributed by atoms with Gasteiger partial charge in [-0.2, -0.15) is 4.98 Å². The quantitative estimate of drug-likeness (QED) is 0.754. The van der Waals surface area contributed by atoms with Gasteiger partial charge in [0.2, 0.25) is 0 Å². The lowest BCUT2D eigenvalue weighted by molar-refractivity contribution is 0.181. The molecule has 80 valence electrons. The highest BCUT2D eigenvalue weighted by Gasteiger charge is 2.10. The van der Waals surface area contributed by atoms with Crippen molar-refractivity contribution < 1.29 is 9.26 Å². The molecule has 0 fully saturated rings. The fourth-order valence-electron chi connectivity index (χ4n) is 1.28. The van der Waals surface area contributed by atoms with Gasteiger partial charge in [-0.15, -0.1) is 0 Å². The molecular weight excluding hydrogens is 182 g/mol. The summed E-state index contributed by atoms with van der Waals surface area (Å²) < 4.78 is 10.0. The summed E-state index contributed by atoms with van der Waals surface area (Å²) in [5, 5.41) is 6.84. The summed E-state index contributed by atoms with van der Waals surface area (Å²) >= 11 is 0. The molecule has 5 nitrogen and oxygen atoms in total. The largest absolute Gasteiger partial charge is 0.383 e. The van der Waals surface area contributed by atoms with E-state index in [0.29, 0.717) is 18.4 Å². The molecule has 1 atom stereocenters. The van der Waals surface area contributed by atoms with Crippen molar-refractivity contribution in [3.63, 3.8) is 0 Å². The predicted octanol–water partition coefficient (Wildman–Crippen LogP) is 1.61. The van der Waals surface area contributed by atoms with Crippen molar-refractivity contribution >= 4 is 6.01 Å². The van der Waals surface area contributed by atoms with Gasteiger partial charge < -0.3 is 14.6 Å². The number of anilines is 1. The van der Waals surface area contributed by atoms with E-state index < -0.39 is 0 Å². The third kappa shape index (κ3) is 3.33. The Balaban J connectivity index is 2.46. The Bertz CT molecular complexity index is 256. The van der Waals surface area contributed by atoms with Crippen molar-refractivity contribution in [2.45, 2.75) is 32.7 Å². The summed E-state index contributed by atoms with van der Waals surface area (Å²) in [6, 6.07) is 0.711. The zero-order valence-corrected chi connectivity index (χ0v) is 8.91. The number of methoxy groups -OCH3 is 1. The summed E-state index contributed by atoms with van der Waals surface area (Å²) in [5.74, 6) is 0.639. The molecule has 0 aromatic carbocycles. The van der Waals surface area contributed by atoms with Gasteiger partial charge in [-0.25, -0.2) is 0 Å². The Morgan fingerprint density at radius 3 is 2.86 bits per heavy atom. The highest BCUT2D eigenvalue weighted by molar-refractivity contribution is 5.20. The molecule has 1 aromatic heterocycles. The van der Waals surface area contributed by atoms with E-state index in [4.69, 9.17) is 9.26 Å². The van der Waals surface area contributed by atoms with Gasteiger partial charge in [0.05, 0.1) is 12.6 Å². The first-order valence-corrected chi connectivity index (χ1v) is 4.82. The molecular formula is C9H17N3O2. The normalized spacial score (nSPS) is 12.8. The van der Waals surface area contributed by atoms with Crippen molar-refractivity contribution in [2.75, 3.05) is 19.0 Å². The van der Waals surface area contributed by atoms with Crippen molar-refractivity contribution in [1.29, 1.82) is 0 Å². The third-order valence-corrected chi connectivity index (χ3v) is 1.86. The van der Waals surface area contributed by atoms with Gasteiger partial charge in [-0.1, -0.05) is 18.5 Å². The summed E-state index contributed by atoms with van der Waals surface area (Å²) in [7, 11) is 1.68. The number of nitrogens with zero attached hydrogens (tertiary/aromatic N) is 2. The smallest absolute Gasteiger partial charge is 0.321 e. The van der Waals surface area contributed by atoms with Gasteiger partial charge in [-0.3, -0.25) is 0 Å². The minimum atomic E-state index is 0.241. The van der Waals surface area contributed by atoms with Crippen LogP contribution in [0.2, 0.25) is 0 Å². The second-order valence-electron chi connectivity index (χ2n) is 3.23. The van der Waals surface area contributed by atoms with Crippen molar-refractivity contribution in [2.24, 2.45) is 0 Å². The highest BCUT2D eigenvalue weighted by atomic mass is 16.5. The molecule has 0 amide bonds. The number of hydrogen-bond acceptors (Lipinski definition) is 5. The van der Waals surface area contributed by atoms with Crippen LogP contribution >= 0.6 is 0 Å². The molecule has 14 heavy (non-hydrogen) atoms. The highest BCUT2D eigenvalue weighted by Crippen LogP contribution is 2.08. The lowest BCUT2D eigenvalue weighted by atomic mass is 10.2. The van der Waals surface area contributed by atoms with Crippen molar-refractivity contribution in [1.82, 2.24) is 10.1 Å². The summed E-state index contributed by atoms with van der Waals surface area (Å²) in [6.07, 6.45) is 2.11. The molecule has 0 aliphatic rings. The number of nitrogens with one attached hydrogen (secondary N) is 1. The molecule has 0 bridgehead atoms. The predicted molar refractivity (Wildman–Crippen MR) is 53.2 cm³/mol. The molecule has 0 aliphatic heterocycles. The van der Waals surface area contributed by atoms with E-state index in [1.807, 2.05) is 0 Å². The number of aromatic nitrogens is 2. The van der Waals surface area contributed by atoms with Crippen molar-refractivity contribution in [3.05, 3.63) is 5.82 Å². The van der Waals surface area contributed by atoms with Gasteiger partial charge in [0, 0.05) is 7.11 Å². The molecule has 1 aromatic rings. The van der Waals surface area contributed by atoms with Crippen LogP contribution in [-0.4, -0.2) is 29.9 Å². The van der Waals surface area contributed by atoms with Crippen LogP contribution in [-0.2, 0) is 4.74 Å². The van der Waals surface area contributed by atoms with Gasteiger partial charge in [0.15, 0.2) is 5.82 Å². The molecule has 0 saturated heterocycles. The Morgan fingerprint density at radius 2 is 2.36 bits per heavy atom. The molecule has 0 saturated carbocycles. The van der Waals surface area contributed by atoms with E-state index in [0.717, 1.165) is 12.8 Å².